The number of para-hydroxylation sites is 2. The number of hydrogen-bond donors (Lipinski definition) is 8. The molecule has 11 heterocycles. The highest BCUT2D eigenvalue weighted by atomic mass is 19.4. The van der Waals surface area contributed by atoms with Gasteiger partial charge in [-0.2, -0.15) is 67.0 Å². The molecule has 0 unspecified atom stereocenters. The summed E-state index contributed by atoms with van der Waals surface area (Å²) >= 11 is 0. The number of fused-ring (bicyclic) bond motifs is 4. The van der Waals surface area contributed by atoms with Gasteiger partial charge < -0.3 is 53.7 Å². The molecule has 0 saturated heterocycles. The van der Waals surface area contributed by atoms with Crippen molar-refractivity contribution in [1.82, 2.24) is 77.6 Å². The van der Waals surface area contributed by atoms with Crippen molar-refractivity contribution in [1.29, 1.82) is 0 Å². The molecule has 40 heteroatoms. The van der Waals surface area contributed by atoms with Gasteiger partial charge in [0.05, 0.1) is 39.2 Å². The number of ether oxygens (including phenoxy) is 2. The molecule has 0 aliphatic heterocycles. The lowest BCUT2D eigenvalue weighted by Crippen LogP contribution is -2.10. The number of hydrogen-bond acceptors (Lipinski definition) is 22. The van der Waals surface area contributed by atoms with Crippen molar-refractivity contribution in [2.75, 3.05) is 44.2 Å². The second-order valence-corrected chi connectivity index (χ2v) is 25.2. The van der Waals surface area contributed by atoms with Crippen LogP contribution in [-0.4, -0.2) is 90.8 Å². The van der Waals surface area contributed by atoms with E-state index in [1.165, 1.54) is 54.6 Å². The minimum atomic E-state index is -4.46. The fraction of sp³-hybridized carbons (Fsp3) is 0.117. The summed E-state index contributed by atoms with van der Waals surface area (Å²) in [6.07, 6.45) is -3.55. The van der Waals surface area contributed by atoms with Gasteiger partial charge in [-0.1, -0.05) is 30.3 Å². The van der Waals surface area contributed by atoms with Gasteiger partial charge >= 0.3 is 25.6 Å². The Morgan fingerprint density at radius 1 is 0.376 bits per heavy atom. The van der Waals surface area contributed by atoms with Crippen LogP contribution < -0.4 is 53.7 Å². The van der Waals surface area contributed by atoms with Gasteiger partial charge in [-0.3, -0.25) is 17.8 Å². The minimum Gasteiger partial charge on any atom is -0.435 e. The first-order valence-electron chi connectivity index (χ1n) is 34.3. The number of anilines is 12. The Bertz CT molecular complexity index is 6150. The van der Waals surface area contributed by atoms with Crippen LogP contribution in [0.1, 0.15) is 39.6 Å². The molecule has 0 bridgehead atoms. The molecule has 0 aliphatic rings. The molecule has 0 fully saturated rings. The predicted octanol–water partition coefficient (Wildman–Crippen LogP) is 17.8. The zero-order valence-electron chi connectivity index (χ0n) is 61.1. The van der Waals surface area contributed by atoms with Crippen LogP contribution in [0.5, 0.6) is 11.5 Å². The number of nitrogens with zero attached hydrogens (tertiary/aromatic N) is 16. The molecule has 0 aliphatic carbocycles. The molecule has 5 aromatic carbocycles. The van der Waals surface area contributed by atoms with Crippen LogP contribution in [0.2, 0.25) is 0 Å². The second kappa shape index (κ2) is 33.0. The van der Waals surface area contributed by atoms with Crippen molar-refractivity contribution in [3.63, 3.8) is 0 Å². The Morgan fingerprint density at radius 3 is 1.15 bits per heavy atom. The molecule has 598 valence electrons. The smallest absolute Gasteiger partial charge is 0.416 e. The monoisotopic (exact) mass is 1620 g/mol. The molecule has 0 spiro atoms. The topological polar surface area (TPSA) is 344 Å². The van der Waals surface area contributed by atoms with Crippen LogP contribution in [0.25, 0.3) is 68.5 Å². The third-order valence-electron chi connectivity index (χ3n) is 17.2. The van der Waals surface area contributed by atoms with E-state index in [-0.39, 0.29) is 63.7 Å². The van der Waals surface area contributed by atoms with E-state index in [4.69, 9.17) is 22.9 Å². The third-order valence-corrected chi connectivity index (χ3v) is 17.2. The van der Waals surface area contributed by atoms with Crippen LogP contribution in [0, 0.1) is 57.9 Å². The van der Waals surface area contributed by atoms with E-state index in [1.807, 2.05) is 61.5 Å². The maximum atomic E-state index is 14.5. The Hall–Kier alpha value is -15.0. The number of nitrogens with two attached hydrogens (primary N) is 4. The highest BCUT2D eigenvalue weighted by Gasteiger charge is 2.32. The number of benzene rings is 5. The summed E-state index contributed by atoms with van der Waals surface area (Å²) in [7, 11) is 0. The van der Waals surface area contributed by atoms with Crippen molar-refractivity contribution in [2.45, 2.75) is 60.2 Å². The summed E-state index contributed by atoms with van der Waals surface area (Å²) in [6.45, 7) is 2.77. The summed E-state index contributed by atoms with van der Waals surface area (Å²) in [4.78, 5) is 51.4. The lowest BCUT2D eigenvalue weighted by atomic mass is 10.2. The second-order valence-electron chi connectivity index (χ2n) is 25.2. The maximum Gasteiger partial charge on any atom is 0.416 e. The van der Waals surface area contributed by atoms with E-state index < -0.39 is 77.4 Å². The molecular weight excluding hydrogens is 1560 g/mol. The molecule has 26 nitrogen and oxygen atoms in total. The Labute approximate surface area is 651 Å². The lowest BCUT2D eigenvalue weighted by molar-refractivity contribution is -0.138. The summed E-state index contributed by atoms with van der Waals surface area (Å²) < 4.78 is 198. The number of rotatable bonds is 16. The van der Waals surface area contributed by atoms with Crippen LogP contribution in [0.4, 0.5) is 131 Å². The van der Waals surface area contributed by atoms with Crippen LogP contribution in [0.3, 0.4) is 0 Å². The van der Waals surface area contributed by atoms with Crippen molar-refractivity contribution < 1.29 is 70.9 Å². The average Bonchev–Trinajstić information content (AvgIpc) is 1.67. The van der Waals surface area contributed by atoms with Crippen molar-refractivity contribution in [3.05, 3.63) is 251 Å². The molecule has 0 amide bonds. The van der Waals surface area contributed by atoms with Crippen molar-refractivity contribution in [3.8, 4) is 52.0 Å². The molecule has 0 radical (unpaired) electrons. The molecule has 0 atom stereocenters. The molecular formula is C77H60F14N24O2. The standard InChI is InChI=1S/C20H17F3N6.C19H14F4N6O.C19H14F4N6.C19H15F3N6O/c1-11-17(24)27-19(29-12(2)25-15-5-3-4-6-16(15)29)28-18(11)26-14-9-7-13(8-10-14)20(21,22)23;1-9-15(29-7-3-2-4-13(29)25-9)18-27-16(24)14(21)17(28-18)26-10-5-6-12(11(20)8-10)30-19(22)23;1-10-15(29-9-3-2-4-13(29)25-10)18-27-16(24)14(20)17(28-18)26-12-7-5-11(6-8-12)19(21,22)23;1-10-15(28-9-3-2-4-13(28)24-10)18-26-16(23)14(20)17(27-18)25-11-5-7-12(8-6-11)29-19(21)22/h3-10H,1-2H3,(H3,24,26,27,28);2-8,19H,1H3,(H3,24,26,27,28);2-9H,1H3,(H3,24,26,27,28);2-9,19H,1H3,(H3,23,25,26,27). The summed E-state index contributed by atoms with van der Waals surface area (Å²) in [6, 6.07) is 41.4. The largest absolute Gasteiger partial charge is 0.435 e. The van der Waals surface area contributed by atoms with Gasteiger partial charge in [-0.25, -0.2) is 54.2 Å². The first-order valence-corrected chi connectivity index (χ1v) is 34.3. The van der Waals surface area contributed by atoms with Gasteiger partial charge in [0, 0.05) is 53.0 Å². The summed E-state index contributed by atoms with van der Waals surface area (Å²) in [5.74, 6) is -4.14. The van der Waals surface area contributed by atoms with Crippen LogP contribution in [-0.2, 0) is 12.4 Å². The van der Waals surface area contributed by atoms with Crippen LogP contribution >= 0.6 is 0 Å². The minimum absolute atomic E-state index is 0.0183. The fourth-order valence-corrected chi connectivity index (χ4v) is 11.8. The molecule has 12 N–H and O–H groups in total. The Balaban J connectivity index is 0.000000135. The van der Waals surface area contributed by atoms with Gasteiger partial charge in [0.1, 0.15) is 57.2 Å². The van der Waals surface area contributed by atoms with Gasteiger partial charge in [-0.15, -0.1) is 0 Å². The third kappa shape index (κ3) is 17.8. The van der Waals surface area contributed by atoms with Crippen molar-refractivity contribution in [2.24, 2.45) is 0 Å². The Kier molecular flexibility index (Phi) is 22.6. The number of pyridine rings is 3. The van der Waals surface area contributed by atoms with Gasteiger partial charge in [-0.05, 0) is 168 Å². The molecule has 117 heavy (non-hydrogen) atoms. The van der Waals surface area contributed by atoms with E-state index in [1.54, 1.807) is 88.3 Å². The van der Waals surface area contributed by atoms with Gasteiger partial charge in [0.15, 0.2) is 63.9 Å². The van der Waals surface area contributed by atoms with E-state index in [0.717, 1.165) is 47.4 Å². The molecule has 16 rings (SSSR count). The van der Waals surface area contributed by atoms with E-state index >= 15 is 0 Å². The number of aromatic nitrogens is 16. The van der Waals surface area contributed by atoms with E-state index in [9.17, 15) is 61.5 Å². The normalized spacial score (nSPS) is 11.5. The van der Waals surface area contributed by atoms with Crippen LogP contribution in [0.15, 0.2) is 188 Å². The molecule has 0 saturated carbocycles. The SMILES string of the molecule is Cc1c(N)nc(-n2c(C)nc3ccccc32)nc1Nc1ccc(C(F)(F)F)cc1.Cc1nc2ccccn2c1-c1nc(N)c(F)c(Nc2ccc(C(F)(F)F)cc2)n1.Cc1nc2ccccn2c1-c1nc(N)c(F)c(Nc2ccc(OC(F)F)c(F)c2)n1.Cc1nc2ccccn2c1-c1nc(N)c(F)c(Nc2ccc(OC(F)F)cc2)n1. The van der Waals surface area contributed by atoms with Gasteiger partial charge in [0.2, 0.25) is 23.4 Å². The highest BCUT2D eigenvalue weighted by Crippen LogP contribution is 2.37. The zero-order chi connectivity index (χ0) is 83.5. The molecule has 11 aromatic heterocycles. The summed E-state index contributed by atoms with van der Waals surface area (Å²) in [5, 5.41) is 11.1. The number of nitrogens with one attached hydrogen (secondary N) is 4. The number of alkyl halides is 10. The average molecular weight is 1620 g/mol. The lowest BCUT2D eigenvalue weighted by Gasteiger charge is -2.14. The molecule has 16 aromatic rings. The number of imidazole rings is 4. The number of nitrogen functional groups attached to an aromatic ring is 4. The quantitative estimate of drug-likeness (QED) is 0.0417. The zero-order valence-corrected chi connectivity index (χ0v) is 61.1. The van der Waals surface area contributed by atoms with Crippen molar-refractivity contribution >= 4 is 97.3 Å². The number of halogens is 14. The Morgan fingerprint density at radius 2 is 0.752 bits per heavy atom. The van der Waals surface area contributed by atoms with E-state index in [2.05, 4.69) is 90.5 Å². The summed E-state index contributed by atoms with van der Waals surface area (Å²) in [5.41, 5.74) is 30.5. The first kappa shape index (κ1) is 80.0. The first-order chi connectivity index (χ1) is 55.7. The van der Waals surface area contributed by atoms with E-state index in [0.29, 0.717) is 85.6 Å². The predicted molar refractivity (Wildman–Crippen MR) is 409 cm³/mol. The maximum absolute atomic E-state index is 14.5. The number of aryl methyl sites for hydroxylation is 4. The fourth-order valence-electron chi connectivity index (χ4n) is 11.8. The van der Waals surface area contributed by atoms with Gasteiger partial charge in [0.25, 0.3) is 0 Å². The highest BCUT2D eigenvalue weighted by molar-refractivity contribution is 5.79.